The van der Waals surface area contributed by atoms with Crippen molar-refractivity contribution in [1.29, 1.82) is 0 Å². The van der Waals surface area contributed by atoms with Crippen molar-refractivity contribution in [3.8, 4) is 0 Å². The van der Waals surface area contributed by atoms with Crippen LogP contribution >= 0.6 is 0 Å². The number of fused-ring (bicyclic) bond motifs is 4. The van der Waals surface area contributed by atoms with E-state index in [1.165, 1.54) is 24.9 Å². The first-order valence-corrected chi connectivity index (χ1v) is 7.99. The molecule has 3 aliphatic rings. The van der Waals surface area contributed by atoms with E-state index in [4.69, 9.17) is 5.73 Å². The second-order valence-electron chi connectivity index (χ2n) is 6.49. The van der Waals surface area contributed by atoms with Crippen LogP contribution in [0.4, 0.5) is 0 Å². The minimum absolute atomic E-state index is 0.187. The van der Waals surface area contributed by atoms with E-state index in [1.807, 2.05) is 0 Å². The number of rotatable bonds is 5. The summed E-state index contributed by atoms with van der Waals surface area (Å²) in [7, 11) is 0. The van der Waals surface area contributed by atoms with Gasteiger partial charge in [0.15, 0.2) is 0 Å². The van der Waals surface area contributed by atoms with E-state index < -0.39 is 0 Å². The summed E-state index contributed by atoms with van der Waals surface area (Å²) in [6.45, 7) is 5.26. The Morgan fingerprint density at radius 2 is 1.95 bits per heavy atom. The third-order valence-corrected chi connectivity index (χ3v) is 4.81. The summed E-state index contributed by atoms with van der Waals surface area (Å²) in [5.74, 6) is 0.549. The lowest BCUT2D eigenvalue weighted by Crippen LogP contribution is -2.43. The number of nitrogens with two attached hydrogens (primary N) is 1. The highest BCUT2D eigenvalue weighted by Crippen LogP contribution is 2.29. The number of primary amides is 1. The zero-order valence-corrected chi connectivity index (χ0v) is 12.6. The van der Waals surface area contributed by atoms with Gasteiger partial charge in [-0.3, -0.25) is 9.69 Å². The fraction of sp³-hybridized carbons (Fsp3) is 0.588. The molecule has 0 aliphatic carbocycles. The van der Waals surface area contributed by atoms with Gasteiger partial charge in [-0.1, -0.05) is 30.3 Å². The SMILES string of the molecule is NC(=O)CCN1C[C@H]2CC[C@@H](C1)N(Cc1ccccc1)C2. The van der Waals surface area contributed by atoms with Gasteiger partial charge < -0.3 is 10.6 Å². The molecule has 0 radical (unpaired) electrons. The average molecular weight is 287 g/mol. The molecule has 0 spiro atoms. The Bertz CT molecular complexity index is 476. The smallest absolute Gasteiger partial charge is 0.218 e. The van der Waals surface area contributed by atoms with Crippen LogP contribution in [0.2, 0.25) is 0 Å². The van der Waals surface area contributed by atoms with E-state index in [0.29, 0.717) is 12.5 Å². The van der Waals surface area contributed by atoms with Crippen molar-refractivity contribution < 1.29 is 4.79 Å². The molecule has 2 atom stereocenters. The summed E-state index contributed by atoms with van der Waals surface area (Å²) in [6.07, 6.45) is 3.09. The molecule has 0 aromatic heterocycles. The van der Waals surface area contributed by atoms with E-state index in [9.17, 15) is 4.79 Å². The Morgan fingerprint density at radius 3 is 2.71 bits per heavy atom. The van der Waals surface area contributed by atoms with E-state index in [-0.39, 0.29) is 5.91 Å². The highest BCUT2D eigenvalue weighted by Gasteiger charge is 2.34. The van der Waals surface area contributed by atoms with Gasteiger partial charge in [0.25, 0.3) is 0 Å². The van der Waals surface area contributed by atoms with Gasteiger partial charge in [0, 0.05) is 45.2 Å². The number of hydrogen-bond donors (Lipinski definition) is 1. The quantitative estimate of drug-likeness (QED) is 0.892. The highest BCUT2D eigenvalue weighted by molar-refractivity contribution is 5.73. The van der Waals surface area contributed by atoms with Crippen LogP contribution < -0.4 is 5.73 Å². The molecule has 4 rings (SSSR count). The van der Waals surface area contributed by atoms with Crippen molar-refractivity contribution in [2.24, 2.45) is 11.7 Å². The topological polar surface area (TPSA) is 49.6 Å². The minimum Gasteiger partial charge on any atom is -0.370 e. The number of benzene rings is 1. The highest BCUT2D eigenvalue weighted by atomic mass is 16.1. The van der Waals surface area contributed by atoms with E-state index in [0.717, 1.165) is 32.1 Å². The molecule has 2 N–H and O–H groups in total. The lowest BCUT2D eigenvalue weighted by molar-refractivity contribution is -0.118. The molecule has 3 aliphatic heterocycles. The van der Waals surface area contributed by atoms with Crippen LogP contribution in [0.5, 0.6) is 0 Å². The van der Waals surface area contributed by atoms with Crippen molar-refractivity contribution in [2.45, 2.75) is 31.8 Å². The number of hydrogen-bond acceptors (Lipinski definition) is 3. The van der Waals surface area contributed by atoms with Gasteiger partial charge in [-0.25, -0.2) is 0 Å². The van der Waals surface area contributed by atoms with Crippen LogP contribution in [0.15, 0.2) is 30.3 Å². The first-order valence-electron chi connectivity index (χ1n) is 7.99. The molecule has 21 heavy (non-hydrogen) atoms. The van der Waals surface area contributed by atoms with Crippen LogP contribution in [-0.4, -0.2) is 47.9 Å². The Hall–Kier alpha value is -1.39. The van der Waals surface area contributed by atoms with E-state index in [2.05, 4.69) is 40.1 Å². The lowest BCUT2D eigenvalue weighted by atomic mass is 9.94. The molecule has 2 bridgehead atoms. The van der Waals surface area contributed by atoms with Crippen LogP contribution in [-0.2, 0) is 11.3 Å². The molecular weight excluding hydrogens is 262 g/mol. The van der Waals surface area contributed by atoms with Gasteiger partial charge in [0.1, 0.15) is 0 Å². The number of piperidine rings is 1. The first kappa shape index (κ1) is 14.5. The van der Waals surface area contributed by atoms with Crippen molar-refractivity contribution >= 4 is 5.91 Å². The molecule has 0 unspecified atom stereocenters. The molecule has 1 amide bonds. The Morgan fingerprint density at radius 1 is 1.14 bits per heavy atom. The fourth-order valence-corrected chi connectivity index (χ4v) is 3.74. The summed E-state index contributed by atoms with van der Waals surface area (Å²) in [6, 6.07) is 11.3. The standard InChI is InChI=1S/C17H25N3O/c18-17(21)8-9-19-10-15-6-7-16(13-19)20(12-15)11-14-4-2-1-3-5-14/h1-5,15-16H,6-13H2,(H2,18,21)/t15-,16+/m1/s1. The zero-order chi connectivity index (χ0) is 14.7. The predicted molar refractivity (Wildman–Crippen MR) is 83.6 cm³/mol. The molecule has 1 aromatic rings. The Balaban J connectivity index is 1.62. The second kappa shape index (κ2) is 6.58. The summed E-state index contributed by atoms with van der Waals surface area (Å²) in [5, 5.41) is 0. The number of carbonyl (C=O) groups excluding carboxylic acids is 1. The summed E-state index contributed by atoms with van der Waals surface area (Å²) in [4.78, 5) is 16.1. The number of amides is 1. The second-order valence-corrected chi connectivity index (χ2v) is 6.49. The molecular formula is C17H25N3O. The third-order valence-electron chi connectivity index (χ3n) is 4.81. The van der Waals surface area contributed by atoms with E-state index >= 15 is 0 Å². The fourth-order valence-electron chi connectivity index (χ4n) is 3.74. The van der Waals surface area contributed by atoms with Gasteiger partial charge in [-0.15, -0.1) is 0 Å². The van der Waals surface area contributed by atoms with Gasteiger partial charge in [-0.2, -0.15) is 0 Å². The monoisotopic (exact) mass is 287 g/mol. The van der Waals surface area contributed by atoms with Crippen LogP contribution in [0.1, 0.15) is 24.8 Å². The Kier molecular flexibility index (Phi) is 4.56. The van der Waals surface area contributed by atoms with Crippen LogP contribution in [0.3, 0.4) is 0 Å². The maximum absolute atomic E-state index is 11.0. The first-order chi connectivity index (χ1) is 10.2. The molecule has 0 saturated carbocycles. The van der Waals surface area contributed by atoms with Crippen molar-refractivity contribution in [3.63, 3.8) is 0 Å². The molecule has 1 aromatic carbocycles. The molecule has 4 heteroatoms. The number of carbonyl (C=O) groups is 1. The van der Waals surface area contributed by atoms with E-state index in [1.54, 1.807) is 0 Å². The van der Waals surface area contributed by atoms with Crippen LogP contribution in [0.25, 0.3) is 0 Å². The minimum atomic E-state index is -0.187. The molecule has 114 valence electrons. The summed E-state index contributed by atoms with van der Waals surface area (Å²) < 4.78 is 0. The normalized spacial score (nSPS) is 26.7. The Labute approximate surface area is 126 Å². The van der Waals surface area contributed by atoms with Gasteiger partial charge in [-0.05, 0) is 24.3 Å². The van der Waals surface area contributed by atoms with Gasteiger partial charge in [0.2, 0.25) is 5.91 Å². The summed E-state index contributed by atoms with van der Waals surface area (Å²) in [5.41, 5.74) is 6.68. The maximum Gasteiger partial charge on any atom is 0.218 e. The molecule has 3 fully saturated rings. The number of nitrogens with zero attached hydrogens (tertiary/aromatic N) is 2. The van der Waals surface area contributed by atoms with Crippen molar-refractivity contribution in [3.05, 3.63) is 35.9 Å². The molecule has 3 saturated heterocycles. The van der Waals surface area contributed by atoms with Gasteiger partial charge in [0.05, 0.1) is 0 Å². The summed E-state index contributed by atoms with van der Waals surface area (Å²) >= 11 is 0. The largest absolute Gasteiger partial charge is 0.370 e. The van der Waals surface area contributed by atoms with Crippen molar-refractivity contribution in [2.75, 3.05) is 26.2 Å². The maximum atomic E-state index is 11.0. The predicted octanol–water partition coefficient (Wildman–Crippen LogP) is 1.46. The third kappa shape index (κ3) is 3.83. The molecule has 4 nitrogen and oxygen atoms in total. The lowest BCUT2D eigenvalue weighted by Gasteiger charge is -2.36. The van der Waals surface area contributed by atoms with Crippen molar-refractivity contribution in [1.82, 2.24) is 9.80 Å². The average Bonchev–Trinajstić information content (AvgIpc) is 2.77. The van der Waals surface area contributed by atoms with Crippen LogP contribution in [0, 0.1) is 5.92 Å². The zero-order valence-electron chi connectivity index (χ0n) is 12.6. The van der Waals surface area contributed by atoms with Gasteiger partial charge >= 0.3 is 0 Å². The molecule has 3 heterocycles.